The van der Waals surface area contributed by atoms with Crippen molar-refractivity contribution in [2.24, 2.45) is 0 Å². The smallest absolute Gasteiger partial charge is 0.0891 e. The number of hydrogen-bond donors (Lipinski definition) is 2. The van der Waals surface area contributed by atoms with Crippen LogP contribution in [0.2, 0.25) is 0 Å². The maximum Gasteiger partial charge on any atom is 0.0891 e. The Balaban J connectivity index is 0.00000200. The summed E-state index contributed by atoms with van der Waals surface area (Å²) in [7, 11) is 6.06. The van der Waals surface area contributed by atoms with Crippen LogP contribution in [-0.4, -0.2) is 50.7 Å². The van der Waals surface area contributed by atoms with Crippen LogP contribution in [0.1, 0.15) is 0 Å². The molecule has 3 N–H and O–H groups in total. The Morgan fingerprint density at radius 2 is 2.10 bits per heavy atom. The van der Waals surface area contributed by atoms with Crippen molar-refractivity contribution in [2.75, 3.05) is 56.9 Å². The number of hydrogen-bond acceptors (Lipinski definition) is 5. The first-order chi connectivity index (χ1) is 9.10. The molecule has 0 aromatic heterocycles. The van der Waals surface area contributed by atoms with E-state index in [0.29, 0.717) is 0 Å². The first-order valence-corrected chi connectivity index (χ1v) is 6.51. The number of anilines is 3. The number of benzene rings is 1. The molecule has 0 fully saturated rings. The van der Waals surface area contributed by atoms with Gasteiger partial charge in [0.25, 0.3) is 0 Å². The van der Waals surface area contributed by atoms with Crippen LogP contribution < -0.4 is 28.4 Å². The first kappa shape index (κ1) is 16.3. The van der Waals surface area contributed by atoms with E-state index in [1.54, 1.807) is 0 Å². The number of likely N-dealkylation sites (N-methyl/N-ethyl adjacent to an activating group) is 1. The van der Waals surface area contributed by atoms with Gasteiger partial charge in [0.1, 0.15) is 0 Å². The van der Waals surface area contributed by atoms with E-state index in [-0.39, 0.29) is 12.4 Å². The van der Waals surface area contributed by atoms with Gasteiger partial charge in [-0.1, -0.05) is 0 Å². The maximum atomic E-state index is 5.99. The van der Waals surface area contributed by atoms with E-state index in [0.717, 1.165) is 36.8 Å². The second-order valence-electron chi connectivity index (χ2n) is 4.95. The highest BCUT2D eigenvalue weighted by molar-refractivity contribution is 5.71. The fourth-order valence-corrected chi connectivity index (χ4v) is 2.16. The summed E-state index contributed by atoms with van der Waals surface area (Å²) in [5.41, 5.74) is 8.89. The Bertz CT molecular complexity index is 463. The number of halogens is 1. The Kier molecular flexibility index (Phi) is 5.82. The van der Waals surface area contributed by atoms with E-state index in [2.05, 4.69) is 52.6 Å². The summed E-state index contributed by atoms with van der Waals surface area (Å²) in [4.78, 5) is 6.68. The zero-order chi connectivity index (χ0) is 13.8. The van der Waals surface area contributed by atoms with Crippen molar-refractivity contribution in [1.29, 1.82) is 0 Å². The number of rotatable bonds is 5. The standard InChI is InChI=1S/C14H23N5.ClH/c1-16-14-5-4-12(10-13(14)15)18(3)7-9-19-8-6-17(2)11-19;/h4-6,8,10,16H,7,9,11,15H2,1-3H3;1H/p-1. The zero-order valence-electron chi connectivity index (χ0n) is 12.3. The number of nitrogens with one attached hydrogen (secondary N) is 1. The van der Waals surface area contributed by atoms with Crippen LogP contribution in [0.5, 0.6) is 0 Å². The fourth-order valence-electron chi connectivity index (χ4n) is 2.16. The van der Waals surface area contributed by atoms with Gasteiger partial charge in [-0.25, -0.2) is 0 Å². The second-order valence-corrected chi connectivity index (χ2v) is 4.95. The molecule has 20 heavy (non-hydrogen) atoms. The zero-order valence-corrected chi connectivity index (χ0v) is 13.1. The highest BCUT2D eigenvalue weighted by Crippen LogP contribution is 2.24. The third-order valence-corrected chi connectivity index (χ3v) is 3.40. The van der Waals surface area contributed by atoms with E-state index >= 15 is 0 Å². The van der Waals surface area contributed by atoms with E-state index < -0.39 is 0 Å². The van der Waals surface area contributed by atoms with Crippen molar-refractivity contribution in [1.82, 2.24) is 9.80 Å². The van der Waals surface area contributed by atoms with Crippen LogP contribution in [0, 0.1) is 0 Å². The van der Waals surface area contributed by atoms with Gasteiger partial charge in [0.2, 0.25) is 0 Å². The van der Waals surface area contributed by atoms with Gasteiger partial charge in [-0.2, -0.15) is 0 Å². The quantitative estimate of drug-likeness (QED) is 0.643. The van der Waals surface area contributed by atoms with Crippen molar-refractivity contribution in [3.63, 3.8) is 0 Å². The summed E-state index contributed by atoms with van der Waals surface area (Å²) < 4.78 is 0. The largest absolute Gasteiger partial charge is 1.00 e. The molecule has 1 heterocycles. The molecule has 0 unspecified atom stereocenters. The van der Waals surface area contributed by atoms with Gasteiger partial charge in [0, 0.05) is 52.3 Å². The van der Waals surface area contributed by atoms with Crippen LogP contribution >= 0.6 is 0 Å². The Hall–Kier alpha value is -1.75. The summed E-state index contributed by atoms with van der Waals surface area (Å²) >= 11 is 0. The average molecular weight is 297 g/mol. The van der Waals surface area contributed by atoms with Crippen LogP contribution in [0.4, 0.5) is 17.1 Å². The molecule has 0 spiro atoms. The molecule has 0 radical (unpaired) electrons. The Morgan fingerprint density at radius 3 is 2.65 bits per heavy atom. The van der Waals surface area contributed by atoms with Gasteiger partial charge in [-0.05, 0) is 18.2 Å². The van der Waals surface area contributed by atoms with E-state index in [4.69, 9.17) is 5.73 Å². The van der Waals surface area contributed by atoms with Gasteiger partial charge in [-0.15, -0.1) is 0 Å². The lowest BCUT2D eigenvalue weighted by atomic mass is 10.2. The maximum absolute atomic E-state index is 5.99. The highest BCUT2D eigenvalue weighted by Gasteiger charge is 2.10. The van der Waals surface area contributed by atoms with Crippen molar-refractivity contribution < 1.29 is 12.4 Å². The van der Waals surface area contributed by atoms with E-state index in [9.17, 15) is 0 Å². The third kappa shape index (κ3) is 3.87. The SMILES string of the molecule is CNc1ccc(N(C)CCN2C=CN(C)C2)cc1N.[Cl-]. The molecule has 5 nitrogen and oxygen atoms in total. The van der Waals surface area contributed by atoms with E-state index in [1.165, 1.54) is 0 Å². The van der Waals surface area contributed by atoms with Gasteiger partial charge < -0.3 is 38.2 Å². The van der Waals surface area contributed by atoms with Crippen molar-refractivity contribution in [2.45, 2.75) is 0 Å². The molecule has 2 rings (SSSR count). The molecule has 0 saturated carbocycles. The number of nitrogens with two attached hydrogens (primary N) is 1. The van der Waals surface area contributed by atoms with Crippen LogP contribution in [0.3, 0.4) is 0 Å². The molecular formula is C14H23ClN5-. The average Bonchev–Trinajstić information content (AvgIpc) is 2.81. The van der Waals surface area contributed by atoms with Crippen LogP contribution in [0.15, 0.2) is 30.6 Å². The van der Waals surface area contributed by atoms with Gasteiger partial charge in [-0.3, -0.25) is 0 Å². The molecule has 1 aromatic carbocycles. The highest BCUT2D eigenvalue weighted by atomic mass is 35.5. The van der Waals surface area contributed by atoms with Crippen molar-refractivity contribution >= 4 is 17.1 Å². The topological polar surface area (TPSA) is 47.8 Å². The molecule has 0 amide bonds. The molecule has 112 valence electrons. The third-order valence-electron chi connectivity index (χ3n) is 3.40. The summed E-state index contributed by atoms with van der Waals surface area (Å²) in [5, 5.41) is 3.08. The molecule has 6 heteroatoms. The summed E-state index contributed by atoms with van der Waals surface area (Å²) in [6, 6.07) is 6.12. The van der Waals surface area contributed by atoms with Gasteiger partial charge >= 0.3 is 0 Å². The molecular weight excluding hydrogens is 274 g/mol. The second kappa shape index (κ2) is 7.14. The minimum absolute atomic E-state index is 0. The van der Waals surface area contributed by atoms with Crippen molar-refractivity contribution in [3.05, 3.63) is 30.6 Å². The van der Waals surface area contributed by atoms with Gasteiger partial charge in [0.15, 0.2) is 0 Å². The van der Waals surface area contributed by atoms with Crippen LogP contribution in [-0.2, 0) is 0 Å². The van der Waals surface area contributed by atoms with Crippen molar-refractivity contribution in [3.8, 4) is 0 Å². The minimum atomic E-state index is 0. The summed E-state index contributed by atoms with van der Waals surface area (Å²) in [6.07, 6.45) is 4.23. The molecule has 0 saturated heterocycles. The fraction of sp³-hybridized carbons (Fsp3) is 0.429. The molecule has 1 aromatic rings. The number of nitrogens with zero attached hydrogens (tertiary/aromatic N) is 3. The predicted molar refractivity (Wildman–Crippen MR) is 82.1 cm³/mol. The molecule has 1 aliphatic rings. The Morgan fingerprint density at radius 1 is 1.35 bits per heavy atom. The predicted octanol–water partition coefficient (Wildman–Crippen LogP) is -1.57. The van der Waals surface area contributed by atoms with Crippen LogP contribution in [0.25, 0.3) is 0 Å². The first-order valence-electron chi connectivity index (χ1n) is 6.51. The lowest BCUT2D eigenvalue weighted by Gasteiger charge is -2.24. The lowest BCUT2D eigenvalue weighted by molar-refractivity contribution is -0.00000399. The summed E-state index contributed by atoms with van der Waals surface area (Å²) in [6.45, 7) is 2.94. The number of nitrogen functional groups attached to an aromatic ring is 1. The lowest BCUT2D eigenvalue weighted by Crippen LogP contribution is -3.00. The minimum Gasteiger partial charge on any atom is -1.00 e. The molecule has 0 atom stereocenters. The molecule has 0 aliphatic carbocycles. The van der Waals surface area contributed by atoms with Gasteiger partial charge in [0.05, 0.1) is 18.0 Å². The summed E-state index contributed by atoms with van der Waals surface area (Å²) in [5.74, 6) is 0. The Labute approximate surface area is 127 Å². The van der Waals surface area contributed by atoms with E-state index in [1.807, 2.05) is 19.2 Å². The molecule has 0 bridgehead atoms. The monoisotopic (exact) mass is 296 g/mol. The normalized spacial score (nSPS) is 13.3. The molecule has 1 aliphatic heterocycles.